The highest BCUT2D eigenvalue weighted by molar-refractivity contribution is 7.99. The molecule has 20 heavy (non-hydrogen) atoms. The third-order valence-corrected chi connectivity index (χ3v) is 3.97. The second kappa shape index (κ2) is 9.65. The summed E-state index contributed by atoms with van der Waals surface area (Å²) in [5, 5.41) is 20.2. The van der Waals surface area contributed by atoms with Gasteiger partial charge in [-0.1, -0.05) is 6.42 Å². The number of carbonyl (C=O) groups excluding carboxylic acids is 1. The van der Waals surface area contributed by atoms with E-state index in [0.717, 1.165) is 25.0 Å². The molecule has 0 fully saturated rings. The van der Waals surface area contributed by atoms with E-state index in [9.17, 15) is 9.59 Å². The number of carbonyl (C=O) groups is 2. The number of carboxylic acids is 1. The minimum atomic E-state index is -0.989. The van der Waals surface area contributed by atoms with Crippen molar-refractivity contribution in [1.82, 2.24) is 5.32 Å². The van der Waals surface area contributed by atoms with Gasteiger partial charge in [-0.15, -0.1) is 0 Å². The highest BCUT2D eigenvalue weighted by atomic mass is 32.2. The molecule has 0 aromatic carbocycles. The van der Waals surface area contributed by atoms with Crippen molar-refractivity contribution in [2.24, 2.45) is 5.41 Å². The van der Waals surface area contributed by atoms with Crippen LogP contribution in [0.4, 0.5) is 0 Å². The molecule has 0 bridgehead atoms. The molecular formula is C14H24N2O3S. The summed E-state index contributed by atoms with van der Waals surface area (Å²) in [6, 6.07) is 1.48. The number of unbranched alkanes of at least 4 members (excludes halogenated alkanes) is 1. The van der Waals surface area contributed by atoms with Gasteiger partial charge in [0.2, 0.25) is 5.91 Å². The fourth-order valence-electron chi connectivity index (χ4n) is 1.63. The van der Waals surface area contributed by atoms with Gasteiger partial charge < -0.3 is 10.4 Å². The molecule has 0 radical (unpaired) electrons. The van der Waals surface area contributed by atoms with Gasteiger partial charge in [-0.3, -0.25) is 4.79 Å². The third kappa shape index (κ3) is 9.68. The number of amides is 1. The number of hydrogen-bond acceptors (Lipinski definition) is 4. The highest BCUT2D eigenvalue weighted by Gasteiger charge is 2.18. The van der Waals surface area contributed by atoms with E-state index in [1.807, 2.05) is 13.8 Å². The standard InChI is InChI=1S/C14H24N2O3S/c1-11(17)16-12(13(18)19)6-9-20-8-5-4-7-14(2,3)10-15/h12H,4-9H2,1-3H3,(H,16,17)(H,18,19). The van der Waals surface area contributed by atoms with Crippen molar-refractivity contribution < 1.29 is 14.7 Å². The van der Waals surface area contributed by atoms with Gasteiger partial charge in [0.05, 0.1) is 11.5 Å². The van der Waals surface area contributed by atoms with Gasteiger partial charge in [-0.05, 0) is 44.6 Å². The molecule has 2 N–H and O–H groups in total. The Morgan fingerprint density at radius 2 is 2.00 bits per heavy atom. The Balaban J connectivity index is 3.68. The molecule has 0 saturated carbocycles. The van der Waals surface area contributed by atoms with Gasteiger partial charge in [0.25, 0.3) is 0 Å². The Morgan fingerprint density at radius 1 is 1.35 bits per heavy atom. The molecule has 6 heteroatoms. The van der Waals surface area contributed by atoms with Gasteiger partial charge >= 0.3 is 5.97 Å². The molecule has 0 rings (SSSR count). The molecule has 5 nitrogen and oxygen atoms in total. The van der Waals surface area contributed by atoms with Crippen molar-refractivity contribution >= 4 is 23.6 Å². The molecule has 0 aliphatic rings. The van der Waals surface area contributed by atoms with E-state index in [1.165, 1.54) is 6.92 Å². The first-order chi connectivity index (χ1) is 9.28. The zero-order valence-corrected chi connectivity index (χ0v) is 13.3. The Bertz CT molecular complexity index is 364. The number of thioether (sulfide) groups is 1. The summed E-state index contributed by atoms with van der Waals surface area (Å²) in [5.74, 6) is 0.352. The molecule has 1 unspecified atom stereocenters. The topological polar surface area (TPSA) is 90.2 Å². The molecule has 0 aromatic rings. The predicted octanol–water partition coefficient (Wildman–Crippen LogP) is 2.42. The maximum Gasteiger partial charge on any atom is 0.326 e. The van der Waals surface area contributed by atoms with Gasteiger partial charge in [0.1, 0.15) is 6.04 Å². The minimum Gasteiger partial charge on any atom is -0.480 e. The molecule has 0 aliphatic heterocycles. The first kappa shape index (κ1) is 18.8. The summed E-state index contributed by atoms with van der Waals surface area (Å²) in [7, 11) is 0. The number of rotatable bonds is 10. The first-order valence-electron chi connectivity index (χ1n) is 6.77. The average molecular weight is 300 g/mol. The predicted molar refractivity (Wildman–Crippen MR) is 80.4 cm³/mol. The van der Waals surface area contributed by atoms with Crippen LogP contribution in [-0.2, 0) is 9.59 Å². The minimum absolute atomic E-state index is 0.259. The SMILES string of the molecule is CC(=O)NC(CCSCCCCC(C)(C)C#N)C(=O)O. The van der Waals surface area contributed by atoms with Gasteiger partial charge in [0.15, 0.2) is 0 Å². The number of nitrogens with one attached hydrogen (secondary N) is 1. The third-order valence-electron chi connectivity index (χ3n) is 2.87. The average Bonchev–Trinajstić information content (AvgIpc) is 2.35. The zero-order valence-electron chi connectivity index (χ0n) is 12.4. The lowest BCUT2D eigenvalue weighted by atomic mass is 9.89. The van der Waals surface area contributed by atoms with E-state index in [-0.39, 0.29) is 11.3 Å². The number of aliphatic carboxylic acids is 1. The van der Waals surface area contributed by atoms with Crippen molar-refractivity contribution in [2.45, 2.75) is 52.5 Å². The van der Waals surface area contributed by atoms with Crippen LogP contribution in [0.1, 0.15) is 46.5 Å². The maximum absolute atomic E-state index is 10.9. The lowest BCUT2D eigenvalue weighted by Crippen LogP contribution is -2.39. The fraction of sp³-hybridized carbons (Fsp3) is 0.786. The first-order valence-corrected chi connectivity index (χ1v) is 7.93. The summed E-state index contributed by atoms with van der Waals surface area (Å²) in [4.78, 5) is 21.7. The van der Waals surface area contributed by atoms with Crippen molar-refractivity contribution in [3.05, 3.63) is 0 Å². The van der Waals surface area contributed by atoms with E-state index in [0.29, 0.717) is 12.2 Å². The molecule has 114 valence electrons. The van der Waals surface area contributed by atoms with Crippen molar-refractivity contribution in [3.63, 3.8) is 0 Å². The van der Waals surface area contributed by atoms with Gasteiger partial charge in [-0.25, -0.2) is 4.79 Å². The Labute approximate surface area is 125 Å². The van der Waals surface area contributed by atoms with Crippen LogP contribution in [-0.4, -0.2) is 34.5 Å². The second-order valence-corrected chi connectivity index (χ2v) is 6.67. The maximum atomic E-state index is 10.9. The van der Waals surface area contributed by atoms with Crippen LogP contribution >= 0.6 is 11.8 Å². The van der Waals surface area contributed by atoms with Crippen molar-refractivity contribution in [3.8, 4) is 6.07 Å². The van der Waals surface area contributed by atoms with E-state index >= 15 is 0 Å². The summed E-state index contributed by atoms with van der Waals surface area (Å²) < 4.78 is 0. The quantitative estimate of drug-likeness (QED) is 0.605. The van der Waals surface area contributed by atoms with Crippen LogP contribution in [0.25, 0.3) is 0 Å². The Kier molecular flexibility index (Phi) is 9.06. The Morgan fingerprint density at radius 3 is 2.50 bits per heavy atom. The lowest BCUT2D eigenvalue weighted by molar-refractivity contribution is -0.141. The molecule has 1 amide bonds. The largest absolute Gasteiger partial charge is 0.480 e. The molecule has 0 aliphatic carbocycles. The van der Waals surface area contributed by atoms with Gasteiger partial charge in [0, 0.05) is 6.92 Å². The highest BCUT2D eigenvalue weighted by Crippen LogP contribution is 2.22. The van der Waals surface area contributed by atoms with Crippen LogP contribution in [0.2, 0.25) is 0 Å². The molecule has 1 atom stereocenters. The number of hydrogen-bond donors (Lipinski definition) is 2. The van der Waals surface area contributed by atoms with E-state index < -0.39 is 12.0 Å². The molecule has 0 spiro atoms. The second-order valence-electron chi connectivity index (χ2n) is 5.45. The fourth-order valence-corrected chi connectivity index (χ4v) is 2.65. The molecule has 0 saturated heterocycles. The smallest absolute Gasteiger partial charge is 0.326 e. The van der Waals surface area contributed by atoms with Crippen LogP contribution in [0.3, 0.4) is 0 Å². The lowest BCUT2D eigenvalue weighted by Gasteiger charge is -2.14. The number of carboxylic acid groups (broad SMARTS) is 1. The molecular weight excluding hydrogens is 276 g/mol. The Hall–Kier alpha value is -1.22. The van der Waals surface area contributed by atoms with Gasteiger partial charge in [-0.2, -0.15) is 17.0 Å². The van der Waals surface area contributed by atoms with E-state index in [1.54, 1.807) is 11.8 Å². The van der Waals surface area contributed by atoms with Crippen LogP contribution in [0.5, 0.6) is 0 Å². The van der Waals surface area contributed by atoms with Crippen LogP contribution in [0.15, 0.2) is 0 Å². The summed E-state index contributed by atoms with van der Waals surface area (Å²) in [5.41, 5.74) is -0.259. The normalized spacial score (nSPS) is 12.5. The van der Waals surface area contributed by atoms with E-state index in [2.05, 4.69) is 11.4 Å². The van der Waals surface area contributed by atoms with Crippen molar-refractivity contribution in [2.75, 3.05) is 11.5 Å². The molecule has 0 heterocycles. The summed E-state index contributed by atoms with van der Waals surface area (Å²) in [6.45, 7) is 5.19. The van der Waals surface area contributed by atoms with E-state index in [4.69, 9.17) is 10.4 Å². The van der Waals surface area contributed by atoms with Crippen molar-refractivity contribution in [1.29, 1.82) is 5.26 Å². The number of nitrogens with zero attached hydrogens (tertiary/aromatic N) is 1. The monoisotopic (exact) mass is 300 g/mol. The summed E-state index contributed by atoms with van der Waals surface area (Å²) in [6.07, 6.45) is 3.34. The summed E-state index contributed by atoms with van der Waals surface area (Å²) >= 11 is 1.69. The number of nitriles is 1. The zero-order chi connectivity index (χ0) is 15.6. The molecule has 0 aromatic heterocycles. The van der Waals surface area contributed by atoms with Crippen LogP contribution in [0, 0.1) is 16.7 Å². The van der Waals surface area contributed by atoms with Crippen LogP contribution < -0.4 is 5.32 Å².